The molecule has 0 radical (unpaired) electrons. The first kappa shape index (κ1) is 12.7. The van der Waals surface area contributed by atoms with Crippen molar-refractivity contribution in [2.24, 2.45) is 11.7 Å². The third kappa shape index (κ3) is 2.13. The molecule has 5 nitrogen and oxygen atoms in total. The fourth-order valence-corrected chi connectivity index (χ4v) is 2.56. The van der Waals surface area contributed by atoms with E-state index in [1.165, 1.54) is 0 Å². The van der Waals surface area contributed by atoms with Crippen LogP contribution in [0, 0.1) is 5.92 Å². The highest BCUT2D eigenvalue weighted by Gasteiger charge is 2.31. The van der Waals surface area contributed by atoms with Crippen molar-refractivity contribution in [3.8, 4) is 0 Å². The zero-order valence-electron chi connectivity index (χ0n) is 10.5. The Bertz CT molecular complexity index is 462. The van der Waals surface area contributed by atoms with Crippen molar-refractivity contribution < 1.29 is 9.90 Å². The summed E-state index contributed by atoms with van der Waals surface area (Å²) in [6, 6.07) is 5.16. The number of rotatable bonds is 3. The van der Waals surface area contributed by atoms with Crippen molar-refractivity contribution >= 4 is 17.3 Å². The second-order valence-electron chi connectivity index (χ2n) is 4.85. The van der Waals surface area contributed by atoms with Crippen LogP contribution in [0.2, 0.25) is 0 Å². The van der Waals surface area contributed by atoms with Crippen molar-refractivity contribution in [3.05, 3.63) is 23.8 Å². The highest BCUT2D eigenvalue weighted by atomic mass is 16.3. The molecule has 1 aliphatic rings. The maximum Gasteiger partial charge on any atom is 0.248 e. The molecule has 0 spiro atoms. The summed E-state index contributed by atoms with van der Waals surface area (Å²) in [5.41, 5.74) is 13.0. The van der Waals surface area contributed by atoms with Gasteiger partial charge in [-0.05, 0) is 30.5 Å². The number of amides is 1. The molecule has 2 unspecified atom stereocenters. The summed E-state index contributed by atoms with van der Waals surface area (Å²) in [6.07, 6.45) is 1.03. The molecule has 18 heavy (non-hydrogen) atoms. The molecule has 2 atom stereocenters. The lowest BCUT2D eigenvalue weighted by molar-refractivity contribution is 0.100. The molecule has 0 aliphatic carbocycles. The van der Waals surface area contributed by atoms with Crippen LogP contribution in [-0.4, -0.2) is 30.2 Å². The summed E-state index contributed by atoms with van der Waals surface area (Å²) in [4.78, 5) is 13.2. The van der Waals surface area contributed by atoms with Crippen LogP contribution >= 0.6 is 0 Å². The summed E-state index contributed by atoms with van der Waals surface area (Å²) in [7, 11) is 0. The minimum atomic E-state index is -0.484. The molecule has 0 aromatic heterocycles. The topological polar surface area (TPSA) is 92.6 Å². The first-order chi connectivity index (χ1) is 8.54. The minimum absolute atomic E-state index is 0.0896. The maximum atomic E-state index is 11.1. The van der Waals surface area contributed by atoms with Gasteiger partial charge in [0, 0.05) is 12.1 Å². The first-order valence-electron chi connectivity index (χ1n) is 6.11. The molecule has 98 valence electrons. The monoisotopic (exact) mass is 249 g/mol. The van der Waals surface area contributed by atoms with Gasteiger partial charge in [-0.1, -0.05) is 6.92 Å². The first-order valence-corrected chi connectivity index (χ1v) is 6.11. The van der Waals surface area contributed by atoms with Crippen LogP contribution < -0.4 is 16.4 Å². The third-order valence-corrected chi connectivity index (χ3v) is 3.69. The normalized spacial score (nSPS) is 23.3. The summed E-state index contributed by atoms with van der Waals surface area (Å²) in [5, 5.41) is 9.45. The third-order valence-electron chi connectivity index (χ3n) is 3.69. The van der Waals surface area contributed by atoms with Crippen LogP contribution in [-0.2, 0) is 0 Å². The summed E-state index contributed by atoms with van der Waals surface area (Å²) in [5.74, 6) is -0.0491. The predicted molar refractivity (Wildman–Crippen MR) is 71.4 cm³/mol. The number of benzene rings is 1. The van der Waals surface area contributed by atoms with Crippen LogP contribution in [0.4, 0.5) is 11.4 Å². The summed E-state index contributed by atoms with van der Waals surface area (Å²) in [6.45, 7) is 3.10. The van der Waals surface area contributed by atoms with Gasteiger partial charge in [0.15, 0.2) is 0 Å². The van der Waals surface area contributed by atoms with Gasteiger partial charge in [-0.25, -0.2) is 0 Å². The number of aliphatic hydroxyl groups excluding tert-OH is 1. The second-order valence-corrected chi connectivity index (χ2v) is 4.85. The number of anilines is 2. The highest BCUT2D eigenvalue weighted by Crippen LogP contribution is 2.33. The maximum absolute atomic E-state index is 11.1. The molecule has 0 bridgehead atoms. The number of primary amides is 1. The van der Waals surface area contributed by atoms with Gasteiger partial charge in [0.05, 0.1) is 24.0 Å². The zero-order chi connectivity index (χ0) is 13.3. The second kappa shape index (κ2) is 4.86. The van der Waals surface area contributed by atoms with E-state index < -0.39 is 5.91 Å². The van der Waals surface area contributed by atoms with E-state index in [4.69, 9.17) is 11.5 Å². The molecule has 1 heterocycles. The van der Waals surface area contributed by atoms with Gasteiger partial charge < -0.3 is 21.5 Å². The number of hydrogen-bond donors (Lipinski definition) is 3. The lowest BCUT2D eigenvalue weighted by Crippen LogP contribution is -2.35. The summed E-state index contributed by atoms with van der Waals surface area (Å²) < 4.78 is 0. The Balaban J connectivity index is 2.31. The van der Waals surface area contributed by atoms with Crippen molar-refractivity contribution in [1.82, 2.24) is 0 Å². The van der Waals surface area contributed by atoms with Crippen LogP contribution in [0.3, 0.4) is 0 Å². The molecule has 1 aliphatic heterocycles. The molecule has 0 saturated carbocycles. The van der Waals surface area contributed by atoms with Crippen molar-refractivity contribution in [1.29, 1.82) is 0 Å². The molecule has 5 N–H and O–H groups in total. The quantitative estimate of drug-likeness (QED) is 0.683. The van der Waals surface area contributed by atoms with Crippen LogP contribution in [0.1, 0.15) is 23.7 Å². The molecule has 1 aromatic rings. The average Bonchev–Trinajstić information content (AvgIpc) is 2.70. The Labute approximate surface area is 106 Å². The predicted octanol–water partition coefficient (Wildman–Crippen LogP) is 0.575. The van der Waals surface area contributed by atoms with Crippen molar-refractivity contribution in [3.63, 3.8) is 0 Å². The molecule has 5 heteroatoms. The van der Waals surface area contributed by atoms with Crippen LogP contribution in [0.25, 0.3) is 0 Å². The van der Waals surface area contributed by atoms with Crippen LogP contribution in [0.15, 0.2) is 18.2 Å². The van der Waals surface area contributed by atoms with E-state index in [9.17, 15) is 9.90 Å². The van der Waals surface area contributed by atoms with Crippen molar-refractivity contribution in [2.45, 2.75) is 19.4 Å². The van der Waals surface area contributed by atoms with Gasteiger partial charge in [0.2, 0.25) is 5.91 Å². The molecule has 2 rings (SSSR count). The van der Waals surface area contributed by atoms with E-state index in [-0.39, 0.29) is 12.6 Å². The van der Waals surface area contributed by atoms with Gasteiger partial charge in [0.25, 0.3) is 0 Å². The lowest BCUT2D eigenvalue weighted by atomic mass is 10.0. The van der Waals surface area contributed by atoms with Crippen LogP contribution in [0.5, 0.6) is 0 Å². The van der Waals surface area contributed by atoms with E-state index in [0.717, 1.165) is 18.7 Å². The number of aliphatic hydroxyl groups is 1. The smallest absolute Gasteiger partial charge is 0.248 e. The SMILES string of the molecule is CC1CCN(c2ccc(C(N)=O)cc2N)C1CO. The molecule has 1 fully saturated rings. The number of carbonyl (C=O) groups is 1. The lowest BCUT2D eigenvalue weighted by Gasteiger charge is -2.28. The molecule has 1 saturated heterocycles. The molecule has 1 aromatic carbocycles. The van der Waals surface area contributed by atoms with E-state index in [0.29, 0.717) is 17.2 Å². The number of nitrogens with zero attached hydrogens (tertiary/aromatic N) is 1. The number of nitrogens with two attached hydrogens (primary N) is 2. The van der Waals surface area contributed by atoms with E-state index in [1.807, 2.05) is 0 Å². The van der Waals surface area contributed by atoms with Gasteiger partial charge in [0.1, 0.15) is 0 Å². The van der Waals surface area contributed by atoms with E-state index in [2.05, 4.69) is 11.8 Å². The van der Waals surface area contributed by atoms with Crippen molar-refractivity contribution in [2.75, 3.05) is 23.8 Å². The minimum Gasteiger partial charge on any atom is -0.397 e. The van der Waals surface area contributed by atoms with Gasteiger partial charge in [-0.15, -0.1) is 0 Å². The summed E-state index contributed by atoms with van der Waals surface area (Å²) >= 11 is 0. The number of nitrogen functional groups attached to an aromatic ring is 1. The Morgan fingerprint density at radius 1 is 1.56 bits per heavy atom. The van der Waals surface area contributed by atoms with E-state index in [1.54, 1.807) is 18.2 Å². The fraction of sp³-hybridized carbons (Fsp3) is 0.462. The highest BCUT2D eigenvalue weighted by molar-refractivity contribution is 5.95. The van der Waals surface area contributed by atoms with E-state index >= 15 is 0 Å². The number of hydrogen-bond acceptors (Lipinski definition) is 4. The Hall–Kier alpha value is -1.75. The Morgan fingerprint density at radius 2 is 2.28 bits per heavy atom. The van der Waals surface area contributed by atoms with Gasteiger partial charge in [-0.2, -0.15) is 0 Å². The standard InChI is InChI=1S/C13H19N3O2/c1-8-4-5-16(12(8)7-17)11-3-2-9(13(15)18)6-10(11)14/h2-3,6,8,12,17H,4-5,7,14H2,1H3,(H2,15,18). The Morgan fingerprint density at radius 3 is 2.83 bits per heavy atom. The zero-order valence-corrected chi connectivity index (χ0v) is 10.5. The van der Waals surface area contributed by atoms with Gasteiger partial charge >= 0.3 is 0 Å². The number of carbonyl (C=O) groups excluding carboxylic acids is 1. The average molecular weight is 249 g/mol. The largest absolute Gasteiger partial charge is 0.397 e. The fourth-order valence-electron chi connectivity index (χ4n) is 2.56. The van der Waals surface area contributed by atoms with Gasteiger partial charge in [-0.3, -0.25) is 4.79 Å². The molecular formula is C13H19N3O2. The Kier molecular flexibility index (Phi) is 3.43. The molecular weight excluding hydrogens is 230 g/mol. The molecule has 1 amide bonds.